The van der Waals surface area contributed by atoms with Crippen molar-refractivity contribution in [1.29, 1.82) is 0 Å². The van der Waals surface area contributed by atoms with Gasteiger partial charge in [-0.15, -0.1) is 0 Å². The molecule has 0 amide bonds. The Morgan fingerprint density at radius 2 is 1.88 bits per heavy atom. The second-order valence-electron chi connectivity index (χ2n) is 5.45. The van der Waals surface area contributed by atoms with Crippen molar-refractivity contribution < 1.29 is 18.6 Å². The highest BCUT2D eigenvalue weighted by molar-refractivity contribution is 6.30. The molecule has 0 saturated carbocycles. The lowest BCUT2D eigenvalue weighted by Gasteiger charge is -2.13. The fourth-order valence-corrected chi connectivity index (χ4v) is 2.50. The Morgan fingerprint density at radius 1 is 1.17 bits per heavy atom. The number of aromatic nitrogens is 2. The molecule has 3 aromatic rings. The van der Waals surface area contributed by atoms with Crippen molar-refractivity contribution in [1.82, 2.24) is 9.55 Å². The standard InChI is InChI=1S/C17H15ClF2N2O2/c18-12-3-1-11(2-4-12)8-24-9-13(23)7-22-10-21-16-5-14(19)15(20)6-17(16)22/h1-6,10,13,23H,7-9H2. The van der Waals surface area contributed by atoms with Gasteiger partial charge in [-0.25, -0.2) is 13.8 Å². The molecule has 2 aromatic carbocycles. The molecule has 3 rings (SSSR count). The van der Waals surface area contributed by atoms with Crippen LogP contribution in [0.2, 0.25) is 5.02 Å². The second-order valence-corrected chi connectivity index (χ2v) is 5.88. The van der Waals surface area contributed by atoms with Gasteiger partial charge < -0.3 is 14.4 Å². The van der Waals surface area contributed by atoms with Crippen molar-refractivity contribution in [3.63, 3.8) is 0 Å². The third-order valence-electron chi connectivity index (χ3n) is 3.56. The Bertz CT molecular complexity index is 836. The molecule has 0 bridgehead atoms. The zero-order valence-corrected chi connectivity index (χ0v) is 13.4. The maximum atomic E-state index is 13.3. The molecule has 0 fully saturated rings. The smallest absolute Gasteiger partial charge is 0.161 e. The van der Waals surface area contributed by atoms with Crippen LogP contribution in [0.3, 0.4) is 0 Å². The van der Waals surface area contributed by atoms with Gasteiger partial charge in [0, 0.05) is 17.2 Å². The minimum atomic E-state index is -0.947. The molecule has 126 valence electrons. The molecule has 0 spiro atoms. The monoisotopic (exact) mass is 352 g/mol. The molecule has 7 heteroatoms. The first-order valence-corrected chi connectivity index (χ1v) is 7.71. The third-order valence-corrected chi connectivity index (χ3v) is 3.81. The van der Waals surface area contributed by atoms with E-state index in [2.05, 4.69) is 4.98 Å². The van der Waals surface area contributed by atoms with Gasteiger partial charge in [-0.1, -0.05) is 23.7 Å². The number of benzene rings is 2. The predicted octanol–water partition coefficient (Wildman–Crippen LogP) is 3.55. The predicted molar refractivity (Wildman–Crippen MR) is 86.8 cm³/mol. The minimum absolute atomic E-state index is 0.103. The highest BCUT2D eigenvalue weighted by atomic mass is 35.5. The summed E-state index contributed by atoms with van der Waals surface area (Å²) < 4.78 is 33.5. The van der Waals surface area contributed by atoms with Crippen LogP contribution in [0.25, 0.3) is 11.0 Å². The molecule has 0 aliphatic rings. The molecule has 4 nitrogen and oxygen atoms in total. The molecule has 0 aliphatic heterocycles. The Hall–Kier alpha value is -2.02. The van der Waals surface area contributed by atoms with Gasteiger partial charge in [-0.05, 0) is 17.7 Å². The molecule has 1 N–H and O–H groups in total. The lowest BCUT2D eigenvalue weighted by Crippen LogP contribution is -2.21. The van der Waals surface area contributed by atoms with Crippen LogP contribution in [0, 0.1) is 11.6 Å². The molecule has 1 heterocycles. The molecule has 0 saturated heterocycles. The quantitative estimate of drug-likeness (QED) is 0.738. The number of hydrogen-bond acceptors (Lipinski definition) is 3. The van der Waals surface area contributed by atoms with Gasteiger partial charge in [0.05, 0.1) is 43.2 Å². The Balaban J connectivity index is 1.57. The fraction of sp³-hybridized carbons (Fsp3) is 0.235. The topological polar surface area (TPSA) is 47.3 Å². The summed E-state index contributed by atoms with van der Waals surface area (Å²) in [5.41, 5.74) is 1.70. The summed E-state index contributed by atoms with van der Waals surface area (Å²) in [7, 11) is 0. The number of imidazole rings is 1. The van der Waals surface area contributed by atoms with Gasteiger partial charge in [-0.2, -0.15) is 0 Å². The van der Waals surface area contributed by atoms with Gasteiger partial charge in [-0.3, -0.25) is 0 Å². The van der Waals surface area contributed by atoms with E-state index in [1.807, 2.05) is 12.1 Å². The second kappa shape index (κ2) is 7.25. The maximum Gasteiger partial charge on any atom is 0.161 e. The number of nitrogens with zero attached hydrogens (tertiary/aromatic N) is 2. The van der Waals surface area contributed by atoms with Crippen molar-refractivity contribution in [3.8, 4) is 0 Å². The summed E-state index contributed by atoms with van der Waals surface area (Å²) >= 11 is 5.80. The van der Waals surface area contributed by atoms with Crippen LogP contribution in [0.1, 0.15) is 5.56 Å². The summed E-state index contributed by atoms with van der Waals surface area (Å²) in [4.78, 5) is 4.00. The Morgan fingerprint density at radius 3 is 2.62 bits per heavy atom. The number of halogens is 3. The van der Waals surface area contributed by atoms with E-state index < -0.39 is 17.7 Å². The van der Waals surface area contributed by atoms with Gasteiger partial charge >= 0.3 is 0 Å². The zero-order valence-electron chi connectivity index (χ0n) is 12.6. The van der Waals surface area contributed by atoms with Crippen LogP contribution < -0.4 is 0 Å². The number of ether oxygens (including phenoxy) is 1. The van der Waals surface area contributed by atoms with Gasteiger partial charge in [0.15, 0.2) is 11.6 Å². The van der Waals surface area contributed by atoms with E-state index in [9.17, 15) is 13.9 Å². The molecule has 24 heavy (non-hydrogen) atoms. The summed E-state index contributed by atoms with van der Waals surface area (Å²) in [6, 6.07) is 9.32. The van der Waals surface area contributed by atoms with E-state index >= 15 is 0 Å². The summed E-state index contributed by atoms with van der Waals surface area (Å²) in [5, 5.41) is 10.7. The minimum Gasteiger partial charge on any atom is -0.389 e. The van der Waals surface area contributed by atoms with Crippen molar-refractivity contribution >= 4 is 22.6 Å². The molecular weight excluding hydrogens is 338 g/mol. The largest absolute Gasteiger partial charge is 0.389 e. The van der Waals surface area contributed by atoms with Crippen LogP contribution in [0.4, 0.5) is 8.78 Å². The van der Waals surface area contributed by atoms with E-state index in [-0.39, 0.29) is 13.2 Å². The average molecular weight is 353 g/mol. The van der Waals surface area contributed by atoms with Gasteiger partial charge in [0.25, 0.3) is 0 Å². The van der Waals surface area contributed by atoms with E-state index in [0.29, 0.717) is 22.7 Å². The van der Waals surface area contributed by atoms with Crippen molar-refractivity contribution in [2.45, 2.75) is 19.3 Å². The van der Waals surface area contributed by atoms with Crippen molar-refractivity contribution in [3.05, 3.63) is 64.9 Å². The molecular formula is C17H15ClF2N2O2. The number of fused-ring (bicyclic) bond motifs is 1. The highest BCUT2D eigenvalue weighted by Gasteiger charge is 2.12. The van der Waals surface area contributed by atoms with Crippen molar-refractivity contribution in [2.75, 3.05) is 6.61 Å². The van der Waals surface area contributed by atoms with Crippen LogP contribution in [0.15, 0.2) is 42.7 Å². The highest BCUT2D eigenvalue weighted by Crippen LogP contribution is 2.18. The van der Waals surface area contributed by atoms with Crippen LogP contribution in [0.5, 0.6) is 0 Å². The lowest BCUT2D eigenvalue weighted by molar-refractivity contribution is 0.0208. The zero-order chi connectivity index (χ0) is 17.1. The molecule has 0 aliphatic carbocycles. The molecule has 1 aromatic heterocycles. The van der Waals surface area contributed by atoms with Crippen LogP contribution >= 0.6 is 11.6 Å². The molecule has 1 atom stereocenters. The van der Waals surface area contributed by atoms with Crippen LogP contribution in [-0.4, -0.2) is 27.4 Å². The van der Waals surface area contributed by atoms with Crippen molar-refractivity contribution in [2.24, 2.45) is 0 Å². The summed E-state index contributed by atoms with van der Waals surface area (Å²) in [5.74, 6) is -1.89. The normalized spacial score (nSPS) is 12.7. The fourth-order valence-electron chi connectivity index (χ4n) is 2.37. The average Bonchev–Trinajstić information content (AvgIpc) is 2.92. The van der Waals surface area contributed by atoms with Crippen LogP contribution in [-0.2, 0) is 17.9 Å². The number of aliphatic hydroxyl groups is 1. The maximum absolute atomic E-state index is 13.3. The first-order valence-electron chi connectivity index (χ1n) is 7.33. The number of aliphatic hydroxyl groups excluding tert-OH is 1. The lowest BCUT2D eigenvalue weighted by atomic mass is 10.2. The van der Waals surface area contributed by atoms with E-state index in [1.165, 1.54) is 6.33 Å². The SMILES string of the molecule is OC(COCc1ccc(Cl)cc1)Cn1cnc2cc(F)c(F)cc21. The van der Waals surface area contributed by atoms with E-state index in [0.717, 1.165) is 17.7 Å². The van der Waals surface area contributed by atoms with Gasteiger partial charge in [0.1, 0.15) is 0 Å². The number of hydrogen-bond donors (Lipinski definition) is 1. The summed E-state index contributed by atoms with van der Waals surface area (Å²) in [6.07, 6.45) is 0.634. The molecule has 1 unspecified atom stereocenters. The third kappa shape index (κ3) is 3.90. The summed E-state index contributed by atoms with van der Waals surface area (Å²) in [6.45, 7) is 0.618. The molecule has 0 radical (unpaired) electrons. The van der Waals surface area contributed by atoms with E-state index in [1.54, 1.807) is 16.7 Å². The van der Waals surface area contributed by atoms with Gasteiger partial charge in [0.2, 0.25) is 0 Å². The Labute approximate surface area is 142 Å². The first kappa shape index (κ1) is 16.8. The first-order chi connectivity index (χ1) is 11.5. The Kier molecular flexibility index (Phi) is 5.08. The number of rotatable bonds is 6. The van der Waals surface area contributed by atoms with E-state index in [4.69, 9.17) is 16.3 Å².